The van der Waals surface area contributed by atoms with E-state index in [4.69, 9.17) is 0 Å². The van der Waals surface area contributed by atoms with Crippen molar-refractivity contribution in [2.45, 2.75) is 11.3 Å². The molecule has 0 atom stereocenters. The van der Waals surface area contributed by atoms with E-state index in [1.807, 2.05) is 0 Å². The van der Waals surface area contributed by atoms with Crippen LogP contribution < -0.4 is 10.1 Å². The van der Waals surface area contributed by atoms with Gasteiger partial charge in [0.2, 0.25) is 5.95 Å². The molecule has 9 nitrogen and oxygen atoms in total. The quantitative estimate of drug-likeness (QED) is 0.589. The van der Waals surface area contributed by atoms with Gasteiger partial charge in [-0.1, -0.05) is 0 Å². The molecule has 0 radical (unpaired) electrons. The molecule has 0 amide bonds. The van der Waals surface area contributed by atoms with Gasteiger partial charge in [-0.3, -0.25) is 10.1 Å². The number of ether oxygens (including phenoxy) is 1. The van der Waals surface area contributed by atoms with Crippen LogP contribution in [0.3, 0.4) is 0 Å². The standard InChI is InChI=1S/C13H9F3N4O5S/c14-13(15,16)25-9-2-4-10(5-3-9)26(23,24)11(20(21)22)8-19-12-17-6-1-7-18-12/h1-8H,(H,17,18,19). The smallest absolute Gasteiger partial charge is 0.406 e. The summed E-state index contributed by atoms with van der Waals surface area (Å²) in [6.07, 6.45) is -1.73. The van der Waals surface area contributed by atoms with Gasteiger partial charge in [0.15, 0.2) is 0 Å². The van der Waals surface area contributed by atoms with Crippen molar-refractivity contribution in [2.24, 2.45) is 0 Å². The van der Waals surface area contributed by atoms with Gasteiger partial charge in [-0.2, -0.15) is 0 Å². The van der Waals surface area contributed by atoms with Crippen molar-refractivity contribution in [1.29, 1.82) is 0 Å². The highest BCUT2D eigenvalue weighted by Crippen LogP contribution is 2.26. The minimum atomic E-state index is -4.95. The fourth-order valence-electron chi connectivity index (χ4n) is 1.67. The maximum Gasteiger partial charge on any atom is 0.573 e. The normalized spacial score (nSPS) is 12.5. The van der Waals surface area contributed by atoms with Gasteiger partial charge in [0, 0.05) is 12.4 Å². The van der Waals surface area contributed by atoms with Crippen LogP contribution in [0.25, 0.3) is 0 Å². The van der Waals surface area contributed by atoms with Crippen LogP contribution in [0, 0.1) is 10.1 Å². The summed E-state index contributed by atoms with van der Waals surface area (Å²) in [7, 11) is -4.62. The lowest BCUT2D eigenvalue weighted by molar-refractivity contribution is -0.411. The van der Waals surface area contributed by atoms with E-state index < -0.39 is 36.8 Å². The summed E-state index contributed by atoms with van der Waals surface area (Å²) in [5.74, 6) is -0.755. The first-order chi connectivity index (χ1) is 12.1. The summed E-state index contributed by atoms with van der Waals surface area (Å²) < 4.78 is 64.6. The average molecular weight is 390 g/mol. The van der Waals surface area contributed by atoms with E-state index in [2.05, 4.69) is 20.0 Å². The molecule has 13 heteroatoms. The molecule has 138 valence electrons. The van der Waals surface area contributed by atoms with Gasteiger partial charge in [-0.05, 0) is 30.3 Å². The van der Waals surface area contributed by atoms with Crippen molar-refractivity contribution in [2.75, 3.05) is 5.32 Å². The number of rotatable bonds is 6. The summed E-state index contributed by atoms with van der Waals surface area (Å²) in [5, 5.41) is 12.1. The number of aromatic nitrogens is 2. The summed E-state index contributed by atoms with van der Waals surface area (Å²) in [6, 6.07) is 4.45. The number of alkyl halides is 3. The van der Waals surface area contributed by atoms with Gasteiger partial charge in [0.25, 0.3) is 9.84 Å². The lowest BCUT2D eigenvalue weighted by Crippen LogP contribution is -2.17. The second-order valence-corrected chi connectivity index (χ2v) is 6.38. The Balaban J connectivity index is 2.31. The minimum absolute atomic E-state index is 0.0871. The Morgan fingerprint density at radius 3 is 2.27 bits per heavy atom. The molecule has 0 unspecified atom stereocenters. The first kappa shape index (κ1) is 19.1. The molecular formula is C13H9F3N4O5S. The maximum absolute atomic E-state index is 12.3. The number of nitro groups is 1. The Morgan fingerprint density at radius 1 is 1.19 bits per heavy atom. The fraction of sp³-hybridized carbons (Fsp3) is 0.0769. The second kappa shape index (κ2) is 7.35. The number of nitrogens with one attached hydrogen (secondary N) is 1. The zero-order valence-electron chi connectivity index (χ0n) is 12.5. The average Bonchev–Trinajstić information content (AvgIpc) is 2.54. The van der Waals surface area contributed by atoms with Gasteiger partial charge in [0.1, 0.15) is 5.75 Å². The third-order valence-corrected chi connectivity index (χ3v) is 4.42. The highest BCUT2D eigenvalue weighted by atomic mass is 32.2. The van der Waals surface area contributed by atoms with E-state index in [-0.39, 0.29) is 5.95 Å². The summed E-state index contributed by atoms with van der Waals surface area (Å²) in [4.78, 5) is 16.8. The third-order valence-electron chi connectivity index (χ3n) is 2.71. The first-order valence-corrected chi connectivity index (χ1v) is 8.07. The molecular weight excluding hydrogens is 381 g/mol. The van der Waals surface area contributed by atoms with Gasteiger partial charge < -0.3 is 10.1 Å². The van der Waals surface area contributed by atoms with Gasteiger partial charge >= 0.3 is 11.4 Å². The predicted octanol–water partition coefficient (Wildman–Crippen LogP) is 2.34. The number of benzene rings is 1. The van der Waals surface area contributed by atoms with E-state index in [9.17, 15) is 31.7 Å². The van der Waals surface area contributed by atoms with Crippen LogP contribution in [0.5, 0.6) is 5.75 Å². The van der Waals surface area contributed by atoms with E-state index in [0.717, 1.165) is 24.3 Å². The molecule has 1 heterocycles. The highest BCUT2D eigenvalue weighted by molar-refractivity contribution is 7.95. The van der Waals surface area contributed by atoms with E-state index >= 15 is 0 Å². The molecule has 26 heavy (non-hydrogen) atoms. The van der Waals surface area contributed by atoms with Gasteiger partial charge in [-0.15, -0.1) is 13.2 Å². The van der Waals surface area contributed by atoms with Crippen LogP contribution in [0.1, 0.15) is 0 Å². The molecule has 0 spiro atoms. The van der Waals surface area contributed by atoms with Crippen LogP contribution in [-0.4, -0.2) is 29.7 Å². The summed E-state index contributed by atoms with van der Waals surface area (Å²) >= 11 is 0. The Bertz CT molecular complexity index is 915. The lowest BCUT2D eigenvalue weighted by atomic mass is 10.3. The van der Waals surface area contributed by atoms with Crippen molar-refractivity contribution in [1.82, 2.24) is 9.97 Å². The molecule has 0 aliphatic carbocycles. The van der Waals surface area contributed by atoms with Crippen molar-refractivity contribution in [3.63, 3.8) is 0 Å². The number of hydrogen-bond donors (Lipinski definition) is 1. The topological polar surface area (TPSA) is 124 Å². The summed E-state index contributed by atoms with van der Waals surface area (Å²) in [6.45, 7) is 0. The van der Waals surface area contributed by atoms with Crippen molar-refractivity contribution in [3.8, 4) is 5.75 Å². The Kier molecular flexibility index (Phi) is 5.40. The molecule has 0 saturated carbocycles. The van der Waals surface area contributed by atoms with E-state index in [1.165, 1.54) is 18.5 Å². The molecule has 0 aliphatic heterocycles. The fourth-order valence-corrected chi connectivity index (χ4v) is 2.82. The highest BCUT2D eigenvalue weighted by Gasteiger charge is 2.33. The van der Waals surface area contributed by atoms with E-state index in [1.54, 1.807) is 0 Å². The number of nitrogens with zero attached hydrogens (tertiary/aromatic N) is 3. The number of halogens is 3. The molecule has 0 saturated heterocycles. The minimum Gasteiger partial charge on any atom is -0.406 e. The zero-order chi connectivity index (χ0) is 19.4. The number of hydrogen-bond acceptors (Lipinski definition) is 8. The second-order valence-electron chi connectivity index (χ2n) is 4.48. The number of sulfone groups is 1. The molecule has 1 aromatic heterocycles. The molecule has 0 bridgehead atoms. The molecule has 0 aliphatic rings. The van der Waals surface area contributed by atoms with Crippen molar-refractivity contribution in [3.05, 3.63) is 64.1 Å². The van der Waals surface area contributed by atoms with Crippen LogP contribution in [-0.2, 0) is 9.84 Å². The Hall–Kier alpha value is -3.22. The summed E-state index contributed by atoms with van der Waals surface area (Å²) in [5.41, 5.74) is 0. The predicted molar refractivity (Wildman–Crippen MR) is 81.0 cm³/mol. The third kappa shape index (κ3) is 4.89. The Labute approximate surface area is 144 Å². The van der Waals surface area contributed by atoms with Gasteiger partial charge in [0.05, 0.1) is 16.0 Å². The van der Waals surface area contributed by atoms with Crippen LogP contribution in [0.4, 0.5) is 19.1 Å². The molecule has 1 aromatic carbocycles. The van der Waals surface area contributed by atoms with Crippen LogP contribution >= 0.6 is 0 Å². The Morgan fingerprint density at radius 2 is 1.77 bits per heavy atom. The first-order valence-electron chi connectivity index (χ1n) is 6.58. The SMILES string of the molecule is O=[N+]([O-])C(=CNc1ncccn1)S(=O)(=O)c1ccc(OC(F)(F)F)cc1. The number of anilines is 1. The molecule has 0 fully saturated rings. The van der Waals surface area contributed by atoms with Crippen molar-refractivity contribution >= 4 is 15.8 Å². The van der Waals surface area contributed by atoms with Crippen LogP contribution in [0.2, 0.25) is 0 Å². The maximum atomic E-state index is 12.3. The zero-order valence-corrected chi connectivity index (χ0v) is 13.4. The monoisotopic (exact) mass is 390 g/mol. The van der Waals surface area contributed by atoms with E-state index in [0.29, 0.717) is 6.20 Å². The van der Waals surface area contributed by atoms with Gasteiger partial charge in [-0.25, -0.2) is 18.4 Å². The van der Waals surface area contributed by atoms with Crippen LogP contribution in [0.15, 0.2) is 58.9 Å². The lowest BCUT2D eigenvalue weighted by Gasteiger charge is -2.09. The molecule has 2 aromatic rings. The largest absolute Gasteiger partial charge is 0.573 e. The molecule has 2 rings (SSSR count). The van der Waals surface area contributed by atoms with Crippen molar-refractivity contribution < 1.29 is 31.2 Å². The molecule has 1 N–H and O–H groups in total.